The van der Waals surface area contributed by atoms with E-state index in [0.717, 1.165) is 32.1 Å². The molecule has 0 radical (unpaired) electrons. The third-order valence-corrected chi connectivity index (χ3v) is 3.02. The van der Waals surface area contributed by atoms with Gasteiger partial charge in [0, 0.05) is 5.41 Å². The van der Waals surface area contributed by atoms with Crippen molar-refractivity contribution in [1.82, 2.24) is 0 Å². The molecule has 2 nitrogen and oxygen atoms in total. The number of allylic oxidation sites excluding steroid dienone is 1. The van der Waals surface area contributed by atoms with E-state index in [2.05, 4.69) is 6.58 Å². The van der Waals surface area contributed by atoms with E-state index in [9.17, 15) is 10.2 Å². The van der Waals surface area contributed by atoms with Gasteiger partial charge in [0.2, 0.25) is 0 Å². The van der Waals surface area contributed by atoms with Crippen LogP contribution in [0.1, 0.15) is 32.1 Å². The molecule has 70 valence electrons. The van der Waals surface area contributed by atoms with E-state index in [1.807, 2.05) is 6.08 Å². The molecule has 0 heterocycles. The van der Waals surface area contributed by atoms with E-state index in [4.69, 9.17) is 0 Å². The quantitative estimate of drug-likeness (QED) is 0.627. The molecule has 1 aliphatic rings. The highest BCUT2D eigenvalue weighted by Crippen LogP contribution is 2.41. The normalized spacial score (nSPS) is 35.3. The van der Waals surface area contributed by atoms with Gasteiger partial charge in [-0.1, -0.05) is 12.5 Å². The Bertz CT molecular complexity index is 156. The molecule has 1 fully saturated rings. The Morgan fingerprint density at radius 2 is 2.33 bits per heavy atom. The Balaban J connectivity index is 2.54. The number of aliphatic hydroxyl groups excluding tert-OH is 2. The highest BCUT2D eigenvalue weighted by atomic mass is 16.3. The molecular weight excluding hydrogens is 152 g/mol. The Morgan fingerprint density at radius 3 is 2.75 bits per heavy atom. The van der Waals surface area contributed by atoms with Gasteiger partial charge in [0.25, 0.3) is 0 Å². The molecule has 0 aromatic carbocycles. The van der Waals surface area contributed by atoms with Crippen LogP contribution in [0.2, 0.25) is 0 Å². The van der Waals surface area contributed by atoms with Crippen molar-refractivity contribution in [2.45, 2.75) is 38.2 Å². The minimum atomic E-state index is -0.303. The first-order valence-electron chi connectivity index (χ1n) is 4.65. The molecule has 0 saturated heterocycles. The number of hydrogen-bond acceptors (Lipinski definition) is 2. The Labute approximate surface area is 73.9 Å². The number of rotatable bonds is 4. The van der Waals surface area contributed by atoms with Crippen LogP contribution >= 0.6 is 0 Å². The van der Waals surface area contributed by atoms with Gasteiger partial charge in [0.15, 0.2) is 0 Å². The van der Waals surface area contributed by atoms with Crippen LogP contribution in [0.15, 0.2) is 12.7 Å². The van der Waals surface area contributed by atoms with Crippen molar-refractivity contribution in [3.63, 3.8) is 0 Å². The Hall–Kier alpha value is -0.340. The van der Waals surface area contributed by atoms with Crippen LogP contribution in [0.25, 0.3) is 0 Å². The van der Waals surface area contributed by atoms with Crippen LogP contribution < -0.4 is 0 Å². The first-order chi connectivity index (χ1) is 5.75. The van der Waals surface area contributed by atoms with Crippen molar-refractivity contribution in [2.75, 3.05) is 6.61 Å². The number of hydrogen-bond donors (Lipinski definition) is 2. The van der Waals surface area contributed by atoms with Crippen LogP contribution in [-0.2, 0) is 0 Å². The molecule has 0 spiro atoms. The van der Waals surface area contributed by atoms with Gasteiger partial charge in [0.1, 0.15) is 0 Å². The van der Waals surface area contributed by atoms with Crippen LogP contribution in [0.5, 0.6) is 0 Å². The van der Waals surface area contributed by atoms with Crippen molar-refractivity contribution in [3.05, 3.63) is 12.7 Å². The molecule has 0 aliphatic heterocycles. The molecule has 2 N–H and O–H groups in total. The zero-order valence-electron chi connectivity index (χ0n) is 7.50. The largest absolute Gasteiger partial charge is 0.396 e. The van der Waals surface area contributed by atoms with Gasteiger partial charge in [-0.2, -0.15) is 0 Å². The van der Waals surface area contributed by atoms with Crippen LogP contribution in [0.3, 0.4) is 0 Å². The smallest absolute Gasteiger partial charge is 0.0618 e. The lowest BCUT2D eigenvalue weighted by molar-refractivity contribution is 0.00110. The summed E-state index contributed by atoms with van der Waals surface area (Å²) in [6, 6.07) is 0. The summed E-state index contributed by atoms with van der Waals surface area (Å²) in [5, 5.41) is 18.9. The van der Waals surface area contributed by atoms with E-state index in [1.54, 1.807) is 0 Å². The lowest BCUT2D eigenvalue weighted by Gasteiger charge is -2.30. The zero-order chi connectivity index (χ0) is 9.03. The highest BCUT2D eigenvalue weighted by molar-refractivity contribution is 4.92. The molecule has 0 bridgehead atoms. The second kappa shape index (κ2) is 4.06. The van der Waals surface area contributed by atoms with E-state index in [0.29, 0.717) is 0 Å². The fourth-order valence-corrected chi connectivity index (χ4v) is 2.06. The molecule has 1 saturated carbocycles. The molecule has 0 unspecified atom stereocenters. The molecule has 0 aromatic heterocycles. The SMILES string of the molecule is C=CCC[C@@]1(CO)CCC[C@@H]1O. The molecule has 12 heavy (non-hydrogen) atoms. The van der Waals surface area contributed by atoms with E-state index < -0.39 is 0 Å². The fourth-order valence-electron chi connectivity index (χ4n) is 2.06. The fraction of sp³-hybridized carbons (Fsp3) is 0.800. The summed E-state index contributed by atoms with van der Waals surface area (Å²) in [6.45, 7) is 3.76. The van der Waals surface area contributed by atoms with Crippen molar-refractivity contribution >= 4 is 0 Å². The van der Waals surface area contributed by atoms with Crippen LogP contribution in [0, 0.1) is 5.41 Å². The average molecular weight is 170 g/mol. The Kier molecular flexibility index (Phi) is 3.29. The van der Waals surface area contributed by atoms with Gasteiger partial charge in [-0.25, -0.2) is 0 Å². The van der Waals surface area contributed by atoms with E-state index >= 15 is 0 Å². The average Bonchev–Trinajstić information content (AvgIpc) is 2.45. The molecule has 2 atom stereocenters. The van der Waals surface area contributed by atoms with Gasteiger partial charge in [0.05, 0.1) is 12.7 Å². The summed E-state index contributed by atoms with van der Waals surface area (Å²) in [7, 11) is 0. The maximum absolute atomic E-state index is 9.67. The van der Waals surface area contributed by atoms with Gasteiger partial charge < -0.3 is 10.2 Å². The summed E-state index contributed by atoms with van der Waals surface area (Å²) in [6.07, 6.45) is 6.14. The summed E-state index contributed by atoms with van der Waals surface area (Å²) >= 11 is 0. The van der Waals surface area contributed by atoms with Gasteiger partial charge >= 0.3 is 0 Å². The summed E-state index contributed by atoms with van der Waals surface area (Å²) in [5.74, 6) is 0. The van der Waals surface area contributed by atoms with Crippen LogP contribution in [0.4, 0.5) is 0 Å². The second-order valence-corrected chi connectivity index (χ2v) is 3.76. The van der Waals surface area contributed by atoms with Crippen LogP contribution in [-0.4, -0.2) is 22.9 Å². The zero-order valence-corrected chi connectivity index (χ0v) is 7.50. The van der Waals surface area contributed by atoms with Crippen molar-refractivity contribution in [1.29, 1.82) is 0 Å². The van der Waals surface area contributed by atoms with Crippen molar-refractivity contribution < 1.29 is 10.2 Å². The molecular formula is C10H18O2. The highest BCUT2D eigenvalue weighted by Gasteiger charge is 2.40. The molecule has 1 aliphatic carbocycles. The van der Waals surface area contributed by atoms with Gasteiger partial charge in [-0.15, -0.1) is 6.58 Å². The monoisotopic (exact) mass is 170 g/mol. The first-order valence-corrected chi connectivity index (χ1v) is 4.65. The first kappa shape index (κ1) is 9.75. The number of aliphatic hydroxyl groups is 2. The minimum Gasteiger partial charge on any atom is -0.396 e. The molecule has 1 rings (SSSR count). The maximum Gasteiger partial charge on any atom is 0.0618 e. The second-order valence-electron chi connectivity index (χ2n) is 3.76. The molecule has 0 aromatic rings. The standard InChI is InChI=1S/C10H18O2/c1-2-3-6-10(8-11)7-4-5-9(10)12/h2,9,11-12H,1,3-8H2/t9-,10-/m0/s1. The van der Waals surface area contributed by atoms with Gasteiger partial charge in [-0.05, 0) is 25.7 Å². The molecule has 0 amide bonds. The van der Waals surface area contributed by atoms with E-state index in [1.165, 1.54) is 0 Å². The maximum atomic E-state index is 9.67. The van der Waals surface area contributed by atoms with Gasteiger partial charge in [-0.3, -0.25) is 0 Å². The lowest BCUT2D eigenvalue weighted by Crippen LogP contribution is -2.33. The van der Waals surface area contributed by atoms with Crippen molar-refractivity contribution in [2.24, 2.45) is 5.41 Å². The Morgan fingerprint density at radius 1 is 1.58 bits per heavy atom. The predicted molar refractivity (Wildman–Crippen MR) is 48.8 cm³/mol. The summed E-state index contributed by atoms with van der Waals surface area (Å²) in [5.41, 5.74) is -0.214. The topological polar surface area (TPSA) is 40.5 Å². The minimum absolute atomic E-state index is 0.113. The molecule has 2 heteroatoms. The summed E-state index contributed by atoms with van der Waals surface area (Å²) in [4.78, 5) is 0. The third kappa shape index (κ3) is 1.70. The lowest BCUT2D eigenvalue weighted by atomic mass is 9.80. The van der Waals surface area contributed by atoms with Crippen molar-refractivity contribution in [3.8, 4) is 0 Å². The third-order valence-electron chi connectivity index (χ3n) is 3.02. The predicted octanol–water partition coefficient (Wildman–Crippen LogP) is 1.48. The summed E-state index contributed by atoms with van der Waals surface area (Å²) < 4.78 is 0. The van der Waals surface area contributed by atoms with E-state index in [-0.39, 0.29) is 18.1 Å².